The molecule has 2 rings (SSSR count). The number of imide groups is 1. The third-order valence-electron chi connectivity index (χ3n) is 2.88. The number of urea groups is 1. The number of thiophene rings is 1. The number of hydrogen-bond acceptors (Lipinski definition) is 4. The molecular formula is C11H13ClN2O3S. The van der Waals surface area contributed by atoms with E-state index in [4.69, 9.17) is 16.7 Å². The van der Waals surface area contributed by atoms with Crippen molar-refractivity contribution in [2.45, 2.75) is 18.9 Å². The van der Waals surface area contributed by atoms with Gasteiger partial charge in [0.15, 0.2) is 5.54 Å². The molecule has 2 N–H and O–H groups in total. The first-order valence-electron chi connectivity index (χ1n) is 5.50. The molecule has 1 aliphatic heterocycles. The quantitative estimate of drug-likeness (QED) is 0.826. The summed E-state index contributed by atoms with van der Waals surface area (Å²) in [5, 5.41) is 11.4. The number of nitrogens with zero attached hydrogens (tertiary/aromatic N) is 1. The Bertz CT molecular complexity index is 490. The normalized spacial score (nSPS) is 23.6. The van der Waals surface area contributed by atoms with Gasteiger partial charge in [0.05, 0.1) is 4.34 Å². The first-order chi connectivity index (χ1) is 8.49. The average Bonchev–Trinajstić information content (AvgIpc) is 2.83. The first-order valence-corrected chi connectivity index (χ1v) is 6.69. The van der Waals surface area contributed by atoms with E-state index < -0.39 is 11.6 Å². The van der Waals surface area contributed by atoms with Crippen LogP contribution < -0.4 is 5.32 Å². The second kappa shape index (κ2) is 4.87. The van der Waals surface area contributed by atoms with Crippen LogP contribution in [-0.4, -0.2) is 35.1 Å². The van der Waals surface area contributed by atoms with Crippen molar-refractivity contribution in [1.29, 1.82) is 0 Å². The Balaban J connectivity index is 2.25. The second-order valence-electron chi connectivity index (χ2n) is 4.19. The second-order valence-corrected chi connectivity index (χ2v) is 5.91. The molecule has 1 aliphatic rings. The van der Waals surface area contributed by atoms with Gasteiger partial charge in [-0.25, -0.2) is 4.79 Å². The van der Waals surface area contributed by atoms with Gasteiger partial charge >= 0.3 is 6.03 Å². The van der Waals surface area contributed by atoms with Crippen LogP contribution in [0.15, 0.2) is 12.1 Å². The van der Waals surface area contributed by atoms with Gasteiger partial charge in [0.1, 0.15) is 0 Å². The summed E-state index contributed by atoms with van der Waals surface area (Å²) < 4.78 is 0.571. The Morgan fingerprint density at radius 2 is 2.22 bits per heavy atom. The van der Waals surface area contributed by atoms with Crippen LogP contribution >= 0.6 is 22.9 Å². The average molecular weight is 289 g/mol. The van der Waals surface area contributed by atoms with Gasteiger partial charge in [-0.05, 0) is 25.5 Å². The number of rotatable bonds is 4. The minimum Gasteiger partial charge on any atom is -0.396 e. The molecule has 1 aromatic heterocycles. The Kier molecular flexibility index (Phi) is 3.61. The van der Waals surface area contributed by atoms with Gasteiger partial charge in [0.25, 0.3) is 5.91 Å². The van der Waals surface area contributed by atoms with Crippen LogP contribution in [0, 0.1) is 0 Å². The Hall–Kier alpha value is -1.11. The predicted molar refractivity (Wildman–Crippen MR) is 68.6 cm³/mol. The third-order valence-corrected chi connectivity index (χ3v) is 4.33. The molecule has 1 fully saturated rings. The Morgan fingerprint density at radius 1 is 1.50 bits per heavy atom. The highest BCUT2D eigenvalue weighted by atomic mass is 35.5. The number of nitrogens with one attached hydrogen (secondary N) is 1. The molecule has 0 aromatic carbocycles. The van der Waals surface area contributed by atoms with Gasteiger partial charge in [0, 0.05) is 18.0 Å². The zero-order chi connectivity index (χ0) is 13.3. The topological polar surface area (TPSA) is 69.6 Å². The van der Waals surface area contributed by atoms with Gasteiger partial charge in [-0.3, -0.25) is 9.69 Å². The van der Waals surface area contributed by atoms with Gasteiger partial charge in [-0.2, -0.15) is 0 Å². The van der Waals surface area contributed by atoms with Crippen LogP contribution in [0.25, 0.3) is 0 Å². The van der Waals surface area contributed by atoms with E-state index in [0.29, 0.717) is 15.6 Å². The molecule has 1 saturated heterocycles. The van der Waals surface area contributed by atoms with Crippen LogP contribution in [0.1, 0.15) is 18.2 Å². The molecule has 0 aliphatic carbocycles. The fourth-order valence-corrected chi connectivity index (χ4v) is 3.02. The summed E-state index contributed by atoms with van der Waals surface area (Å²) in [6.07, 6.45) is 0.375. The molecule has 0 spiro atoms. The maximum absolute atomic E-state index is 12.3. The van der Waals surface area contributed by atoms with Gasteiger partial charge in [-0.1, -0.05) is 11.6 Å². The van der Waals surface area contributed by atoms with E-state index in [2.05, 4.69) is 5.32 Å². The summed E-state index contributed by atoms with van der Waals surface area (Å²) in [6, 6.07) is 3.00. The summed E-state index contributed by atoms with van der Waals surface area (Å²) >= 11 is 7.12. The molecule has 5 nitrogen and oxygen atoms in total. The number of amides is 3. The summed E-state index contributed by atoms with van der Waals surface area (Å²) in [6.45, 7) is 1.82. The van der Waals surface area contributed by atoms with Gasteiger partial charge in [0.2, 0.25) is 0 Å². The van der Waals surface area contributed by atoms with Crippen molar-refractivity contribution < 1.29 is 14.7 Å². The summed E-state index contributed by atoms with van der Waals surface area (Å²) in [5.74, 6) is -0.306. The number of carbonyl (C=O) groups excluding carboxylic acids is 2. The van der Waals surface area contributed by atoms with Crippen molar-refractivity contribution in [3.63, 3.8) is 0 Å². The highest BCUT2D eigenvalue weighted by Crippen LogP contribution is 2.35. The van der Waals surface area contributed by atoms with Crippen LogP contribution in [-0.2, 0) is 10.3 Å². The zero-order valence-corrected chi connectivity index (χ0v) is 11.3. The van der Waals surface area contributed by atoms with E-state index in [9.17, 15) is 9.59 Å². The van der Waals surface area contributed by atoms with Crippen molar-refractivity contribution in [2.75, 3.05) is 13.2 Å². The fraction of sp³-hybridized carbons (Fsp3) is 0.455. The van der Waals surface area contributed by atoms with Crippen LogP contribution in [0.4, 0.5) is 4.79 Å². The standard InChI is InChI=1S/C11H13ClN2O3S/c1-11(7-3-4-8(12)18-7)9(16)14(5-2-6-15)10(17)13-11/h3-4,15H,2,5-6H2,1H3,(H,13,17). The number of halogens is 1. The molecule has 1 atom stereocenters. The van der Waals surface area contributed by atoms with Crippen LogP contribution in [0.3, 0.4) is 0 Å². The number of aliphatic hydroxyl groups is 1. The number of hydrogen-bond donors (Lipinski definition) is 2. The maximum Gasteiger partial charge on any atom is 0.325 e. The minimum absolute atomic E-state index is 0.0569. The Labute approximate surface area is 113 Å². The van der Waals surface area contributed by atoms with E-state index in [1.165, 1.54) is 11.3 Å². The van der Waals surface area contributed by atoms with E-state index in [-0.39, 0.29) is 19.1 Å². The van der Waals surface area contributed by atoms with Crippen molar-refractivity contribution in [3.05, 3.63) is 21.3 Å². The molecule has 0 bridgehead atoms. The SMILES string of the molecule is CC1(c2ccc(Cl)s2)NC(=O)N(CCCO)C1=O. The molecule has 1 unspecified atom stereocenters. The monoisotopic (exact) mass is 288 g/mol. The van der Waals surface area contributed by atoms with Crippen molar-refractivity contribution in [1.82, 2.24) is 10.2 Å². The van der Waals surface area contributed by atoms with E-state index in [1.807, 2.05) is 0 Å². The lowest BCUT2D eigenvalue weighted by atomic mass is 10.0. The molecular weight excluding hydrogens is 276 g/mol. The minimum atomic E-state index is -1.05. The highest BCUT2D eigenvalue weighted by Gasteiger charge is 2.49. The number of carbonyl (C=O) groups is 2. The fourth-order valence-electron chi connectivity index (χ4n) is 1.88. The van der Waals surface area contributed by atoms with E-state index in [1.54, 1.807) is 19.1 Å². The largest absolute Gasteiger partial charge is 0.396 e. The molecule has 7 heteroatoms. The van der Waals surface area contributed by atoms with Crippen molar-refractivity contribution in [3.8, 4) is 0 Å². The van der Waals surface area contributed by atoms with E-state index in [0.717, 1.165) is 4.90 Å². The lowest BCUT2D eigenvalue weighted by molar-refractivity contribution is -0.131. The molecule has 2 heterocycles. The van der Waals surface area contributed by atoms with Crippen LogP contribution in [0.2, 0.25) is 4.34 Å². The summed E-state index contributed by atoms with van der Waals surface area (Å²) in [4.78, 5) is 25.9. The lowest BCUT2D eigenvalue weighted by Gasteiger charge is -2.19. The summed E-state index contributed by atoms with van der Waals surface area (Å²) in [7, 11) is 0. The Morgan fingerprint density at radius 3 is 2.78 bits per heavy atom. The third kappa shape index (κ3) is 2.11. The lowest BCUT2D eigenvalue weighted by Crippen LogP contribution is -2.40. The zero-order valence-electron chi connectivity index (χ0n) is 9.77. The molecule has 0 saturated carbocycles. The molecule has 1 aromatic rings. The highest BCUT2D eigenvalue weighted by molar-refractivity contribution is 7.16. The van der Waals surface area contributed by atoms with Crippen molar-refractivity contribution >= 4 is 34.9 Å². The maximum atomic E-state index is 12.3. The predicted octanol–water partition coefficient (Wildman–Crippen LogP) is 1.55. The van der Waals surface area contributed by atoms with Crippen molar-refractivity contribution in [2.24, 2.45) is 0 Å². The smallest absolute Gasteiger partial charge is 0.325 e. The first kappa shape index (κ1) is 13.3. The molecule has 0 radical (unpaired) electrons. The van der Waals surface area contributed by atoms with Crippen LogP contribution in [0.5, 0.6) is 0 Å². The van der Waals surface area contributed by atoms with Gasteiger partial charge < -0.3 is 10.4 Å². The molecule has 18 heavy (non-hydrogen) atoms. The summed E-state index contributed by atoms with van der Waals surface area (Å²) in [5.41, 5.74) is -1.05. The number of aliphatic hydroxyl groups excluding tert-OH is 1. The molecule has 3 amide bonds. The molecule has 98 valence electrons. The van der Waals surface area contributed by atoms with E-state index >= 15 is 0 Å². The van der Waals surface area contributed by atoms with Gasteiger partial charge in [-0.15, -0.1) is 11.3 Å².